The minimum Gasteiger partial charge on any atom is -0.495 e. The van der Waals surface area contributed by atoms with Crippen LogP contribution in [0.4, 0.5) is 10.1 Å². The van der Waals surface area contributed by atoms with Crippen LogP contribution in [0.5, 0.6) is 5.75 Å². The first-order valence-corrected chi connectivity index (χ1v) is 12.6. The third-order valence-electron chi connectivity index (χ3n) is 6.71. The van der Waals surface area contributed by atoms with E-state index >= 15 is 0 Å². The zero-order chi connectivity index (χ0) is 26.9. The molecule has 4 aromatic heterocycles. The molecule has 0 saturated carbocycles. The fourth-order valence-electron chi connectivity index (χ4n) is 4.76. The van der Waals surface area contributed by atoms with E-state index in [-0.39, 0.29) is 5.82 Å². The highest BCUT2D eigenvalue weighted by Crippen LogP contribution is 2.36. The van der Waals surface area contributed by atoms with Crippen LogP contribution in [-0.4, -0.2) is 64.3 Å². The molecule has 0 aliphatic rings. The number of likely N-dealkylation sites (N-methyl/N-ethyl adjacent to an activating group) is 1. The van der Waals surface area contributed by atoms with Crippen molar-refractivity contribution in [2.45, 2.75) is 0 Å². The van der Waals surface area contributed by atoms with Gasteiger partial charge >= 0.3 is 0 Å². The quantitative estimate of drug-likeness (QED) is 0.229. The standard InChI is InChI=1S/C30H28FN7O/c1-38(2)8-7-33-21-10-18(9-20(31)12-21)23-5-4-6-26-24(23)13-28(35-26)30-25-14-27(34-17-29(25)36-37-30)19-11-22(39-3)16-32-15-19/h4-6,9-17,33,35H,7-8H2,1-3H3,(H,36,37). The molecule has 196 valence electrons. The Morgan fingerprint density at radius 3 is 2.69 bits per heavy atom. The predicted octanol–water partition coefficient (Wildman–Crippen LogP) is 5.96. The monoisotopic (exact) mass is 521 g/mol. The van der Waals surface area contributed by atoms with Crippen LogP contribution in [-0.2, 0) is 0 Å². The van der Waals surface area contributed by atoms with Gasteiger partial charge in [0.05, 0.1) is 36.4 Å². The number of aromatic amines is 2. The smallest absolute Gasteiger partial charge is 0.137 e. The molecule has 0 atom stereocenters. The van der Waals surface area contributed by atoms with Crippen molar-refractivity contribution in [3.8, 4) is 39.5 Å². The summed E-state index contributed by atoms with van der Waals surface area (Å²) in [6.45, 7) is 1.58. The lowest BCUT2D eigenvalue weighted by molar-refractivity contribution is 0.413. The number of ether oxygens (including phenoxy) is 1. The zero-order valence-corrected chi connectivity index (χ0v) is 21.9. The topological polar surface area (TPSA) is 94.7 Å². The number of hydrogen-bond donors (Lipinski definition) is 3. The highest BCUT2D eigenvalue weighted by atomic mass is 19.1. The van der Waals surface area contributed by atoms with E-state index in [1.165, 1.54) is 6.07 Å². The molecule has 2 aromatic carbocycles. The van der Waals surface area contributed by atoms with E-state index in [4.69, 9.17) is 4.74 Å². The molecule has 0 saturated heterocycles. The van der Waals surface area contributed by atoms with Gasteiger partial charge in [-0.1, -0.05) is 12.1 Å². The molecule has 3 N–H and O–H groups in total. The van der Waals surface area contributed by atoms with Crippen molar-refractivity contribution in [3.05, 3.63) is 79.0 Å². The van der Waals surface area contributed by atoms with Gasteiger partial charge in [-0.25, -0.2) is 4.39 Å². The van der Waals surface area contributed by atoms with E-state index in [1.54, 1.807) is 31.8 Å². The summed E-state index contributed by atoms with van der Waals surface area (Å²) < 4.78 is 20.0. The highest BCUT2D eigenvalue weighted by molar-refractivity contribution is 6.01. The number of benzene rings is 2. The summed E-state index contributed by atoms with van der Waals surface area (Å²) in [7, 11) is 5.64. The third kappa shape index (κ3) is 4.92. The van der Waals surface area contributed by atoms with Crippen LogP contribution in [0.2, 0.25) is 0 Å². The van der Waals surface area contributed by atoms with Gasteiger partial charge in [0.25, 0.3) is 0 Å². The van der Waals surface area contributed by atoms with Gasteiger partial charge in [0.15, 0.2) is 0 Å². The van der Waals surface area contributed by atoms with Gasteiger partial charge in [-0.15, -0.1) is 0 Å². The van der Waals surface area contributed by atoms with Crippen molar-refractivity contribution in [2.75, 3.05) is 39.6 Å². The number of methoxy groups -OCH3 is 1. The van der Waals surface area contributed by atoms with Crippen LogP contribution >= 0.6 is 0 Å². The maximum Gasteiger partial charge on any atom is 0.137 e. The number of halogens is 1. The Bertz CT molecular complexity index is 1790. The van der Waals surface area contributed by atoms with Crippen molar-refractivity contribution < 1.29 is 9.13 Å². The highest BCUT2D eigenvalue weighted by Gasteiger charge is 2.16. The summed E-state index contributed by atoms with van der Waals surface area (Å²) in [5.74, 6) is 0.385. The zero-order valence-electron chi connectivity index (χ0n) is 21.9. The largest absolute Gasteiger partial charge is 0.495 e. The molecule has 4 heterocycles. The van der Waals surface area contributed by atoms with Gasteiger partial charge in [-0.3, -0.25) is 15.1 Å². The number of H-pyrrole nitrogens is 2. The number of aromatic nitrogens is 5. The lowest BCUT2D eigenvalue weighted by Gasteiger charge is -2.13. The minimum absolute atomic E-state index is 0.280. The van der Waals surface area contributed by atoms with Gasteiger partial charge < -0.3 is 19.9 Å². The minimum atomic E-state index is -0.280. The first-order valence-electron chi connectivity index (χ1n) is 12.6. The molecule has 0 bridgehead atoms. The maximum atomic E-state index is 14.6. The molecule has 9 heteroatoms. The molecule has 8 nitrogen and oxygen atoms in total. The summed E-state index contributed by atoms with van der Waals surface area (Å²) in [6, 6.07) is 17.1. The van der Waals surface area contributed by atoms with Gasteiger partial charge in [0.2, 0.25) is 0 Å². The van der Waals surface area contributed by atoms with E-state index in [2.05, 4.69) is 41.4 Å². The molecular formula is C30H28FN7O. The van der Waals surface area contributed by atoms with Gasteiger partial charge in [0.1, 0.15) is 17.3 Å². The number of fused-ring (bicyclic) bond motifs is 2. The average molecular weight is 522 g/mol. The van der Waals surface area contributed by atoms with Crippen molar-refractivity contribution in [3.63, 3.8) is 0 Å². The van der Waals surface area contributed by atoms with Crippen LogP contribution in [0.3, 0.4) is 0 Å². The van der Waals surface area contributed by atoms with Crippen LogP contribution in [0.15, 0.2) is 73.2 Å². The van der Waals surface area contributed by atoms with Crippen molar-refractivity contribution >= 4 is 27.5 Å². The Kier molecular flexibility index (Phi) is 6.42. The predicted molar refractivity (Wildman–Crippen MR) is 153 cm³/mol. The van der Waals surface area contributed by atoms with Crippen molar-refractivity contribution in [1.82, 2.24) is 30.0 Å². The summed E-state index contributed by atoms with van der Waals surface area (Å²) in [5, 5.41) is 12.9. The molecule has 6 rings (SSSR count). The van der Waals surface area contributed by atoms with Gasteiger partial charge in [-0.05, 0) is 67.7 Å². The molecule has 39 heavy (non-hydrogen) atoms. The molecule has 0 fully saturated rings. The second-order valence-corrected chi connectivity index (χ2v) is 9.71. The maximum absolute atomic E-state index is 14.6. The lowest BCUT2D eigenvalue weighted by atomic mass is 10.0. The summed E-state index contributed by atoms with van der Waals surface area (Å²) in [5.41, 5.74) is 7.51. The molecule has 0 amide bonds. The fraction of sp³-hybridized carbons (Fsp3) is 0.167. The molecule has 6 aromatic rings. The number of pyridine rings is 2. The van der Waals surface area contributed by atoms with Gasteiger partial charge in [-0.2, -0.15) is 5.10 Å². The van der Waals surface area contributed by atoms with Crippen LogP contribution in [0.1, 0.15) is 0 Å². The number of hydrogen-bond acceptors (Lipinski definition) is 6. The number of anilines is 1. The number of nitrogens with one attached hydrogen (secondary N) is 3. The molecule has 0 spiro atoms. The average Bonchev–Trinajstić information content (AvgIpc) is 3.56. The molecule has 0 aliphatic carbocycles. The SMILES string of the molecule is COc1cncc(-c2cc3c(-c4cc5c(-c6cc(F)cc(NCCN(C)C)c6)cccc5[nH]4)n[nH]c3cn2)c1. The second-order valence-electron chi connectivity index (χ2n) is 9.71. The Labute approximate surface area is 224 Å². The number of nitrogens with zero attached hydrogens (tertiary/aromatic N) is 4. The van der Waals surface area contributed by atoms with E-state index in [0.717, 1.165) is 74.4 Å². The summed E-state index contributed by atoms with van der Waals surface area (Å²) in [4.78, 5) is 14.4. The second kappa shape index (κ2) is 10.2. The molecular weight excluding hydrogens is 493 g/mol. The summed E-state index contributed by atoms with van der Waals surface area (Å²) in [6.07, 6.45) is 5.19. The fourth-order valence-corrected chi connectivity index (χ4v) is 4.76. The van der Waals surface area contributed by atoms with Crippen LogP contribution in [0.25, 0.3) is 55.6 Å². The van der Waals surface area contributed by atoms with E-state index in [9.17, 15) is 4.39 Å². The van der Waals surface area contributed by atoms with E-state index in [0.29, 0.717) is 5.75 Å². The van der Waals surface area contributed by atoms with Crippen LogP contribution < -0.4 is 10.1 Å². The molecule has 0 radical (unpaired) electrons. The Morgan fingerprint density at radius 1 is 0.949 bits per heavy atom. The Balaban J connectivity index is 1.40. The van der Waals surface area contributed by atoms with Crippen molar-refractivity contribution in [1.29, 1.82) is 0 Å². The normalized spacial score (nSPS) is 11.5. The summed E-state index contributed by atoms with van der Waals surface area (Å²) >= 11 is 0. The lowest BCUT2D eigenvalue weighted by Crippen LogP contribution is -2.20. The Morgan fingerprint density at radius 2 is 1.85 bits per heavy atom. The molecule has 0 aliphatic heterocycles. The van der Waals surface area contributed by atoms with E-state index in [1.807, 2.05) is 50.5 Å². The third-order valence-corrected chi connectivity index (χ3v) is 6.71. The number of rotatable bonds is 8. The molecule has 0 unspecified atom stereocenters. The van der Waals surface area contributed by atoms with Crippen LogP contribution in [0, 0.1) is 5.82 Å². The van der Waals surface area contributed by atoms with Gasteiger partial charge in [0, 0.05) is 46.8 Å². The van der Waals surface area contributed by atoms with Crippen molar-refractivity contribution in [2.24, 2.45) is 0 Å². The Hall–Kier alpha value is -4.76. The van der Waals surface area contributed by atoms with E-state index < -0.39 is 0 Å². The first-order chi connectivity index (χ1) is 19.0. The first kappa shape index (κ1) is 24.6.